The summed E-state index contributed by atoms with van der Waals surface area (Å²) in [6, 6.07) is 10.7. The number of hydrogen-bond acceptors (Lipinski definition) is 3. The molecule has 5 rings (SSSR count). The molecule has 29 heavy (non-hydrogen) atoms. The molecule has 2 aromatic rings. The summed E-state index contributed by atoms with van der Waals surface area (Å²) >= 11 is 7.96. The molecule has 3 heterocycles. The van der Waals surface area contributed by atoms with Gasteiger partial charge in [0.25, 0.3) is 0 Å². The van der Waals surface area contributed by atoms with Crippen LogP contribution in [0.5, 0.6) is 0 Å². The summed E-state index contributed by atoms with van der Waals surface area (Å²) in [5, 5.41) is 1.15. The molecule has 0 bridgehead atoms. The topological polar surface area (TPSA) is 18.8 Å². The zero-order valence-corrected chi connectivity index (χ0v) is 18.7. The van der Waals surface area contributed by atoms with Crippen LogP contribution in [0, 0.1) is 0 Å². The van der Waals surface area contributed by atoms with E-state index >= 15 is 0 Å². The Bertz CT molecular complexity index is 904. The second kappa shape index (κ2) is 8.57. The number of aryl methyl sites for hydroxylation is 1. The summed E-state index contributed by atoms with van der Waals surface area (Å²) in [6.07, 6.45) is 9.95. The molecule has 0 atom stereocenters. The van der Waals surface area contributed by atoms with E-state index in [9.17, 15) is 0 Å². The molecule has 0 saturated carbocycles. The third-order valence-corrected chi connectivity index (χ3v) is 8.05. The zero-order valence-electron chi connectivity index (χ0n) is 17.0. The summed E-state index contributed by atoms with van der Waals surface area (Å²) in [5.41, 5.74) is 4.01. The molecule has 0 N–H and O–H groups in total. The molecule has 2 fully saturated rings. The van der Waals surface area contributed by atoms with Gasteiger partial charge in [-0.15, -0.1) is 11.3 Å². The van der Waals surface area contributed by atoms with Gasteiger partial charge in [0.2, 0.25) is 0 Å². The SMILES string of the molecule is S=C(c1c(/N=C(/c2ccccc2)N2CCCC2)sc2c1CCCC2)N1CCCC1. The van der Waals surface area contributed by atoms with Gasteiger partial charge in [-0.2, -0.15) is 0 Å². The normalized spacial score (nSPS) is 19.7. The number of amidine groups is 1. The van der Waals surface area contributed by atoms with Crippen LogP contribution in [0.4, 0.5) is 5.00 Å². The molecule has 1 aliphatic carbocycles. The average molecular weight is 424 g/mol. The number of benzene rings is 1. The van der Waals surface area contributed by atoms with Crippen LogP contribution < -0.4 is 0 Å². The molecule has 2 aliphatic heterocycles. The maximum Gasteiger partial charge on any atom is 0.137 e. The zero-order chi connectivity index (χ0) is 19.6. The van der Waals surface area contributed by atoms with E-state index in [1.807, 2.05) is 11.3 Å². The van der Waals surface area contributed by atoms with Crippen LogP contribution in [-0.4, -0.2) is 46.8 Å². The number of fused-ring (bicyclic) bond motifs is 1. The fourth-order valence-corrected chi connectivity index (χ4v) is 6.59. The number of thiocarbonyl (C=S) groups is 1. The Labute approximate surface area is 183 Å². The summed E-state index contributed by atoms with van der Waals surface area (Å²) in [5.74, 6) is 1.13. The van der Waals surface area contributed by atoms with Crippen molar-refractivity contribution in [3.63, 3.8) is 0 Å². The molecular formula is C24H29N3S2. The van der Waals surface area contributed by atoms with Crippen LogP contribution in [0.15, 0.2) is 35.3 Å². The monoisotopic (exact) mass is 423 g/mol. The standard InChI is InChI=1S/C24H29N3S2/c28-24(27-16-8-9-17-27)21-19-12-4-5-13-20(19)29-23(21)25-22(26-14-6-7-15-26)18-10-2-1-3-11-18/h1-3,10-11H,4-9,12-17H2/b25-22-. The second-order valence-corrected chi connectivity index (χ2v) is 9.86. The molecule has 3 aliphatic rings. The van der Waals surface area contributed by atoms with Crippen LogP contribution in [0.2, 0.25) is 0 Å². The van der Waals surface area contributed by atoms with Crippen molar-refractivity contribution in [2.45, 2.75) is 51.4 Å². The van der Waals surface area contributed by atoms with Gasteiger partial charge < -0.3 is 9.80 Å². The largest absolute Gasteiger partial charge is 0.362 e. The highest BCUT2D eigenvalue weighted by Gasteiger charge is 2.28. The summed E-state index contributed by atoms with van der Waals surface area (Å²) in [6.45, 7) is 4.41. The first-order chi connectivity index (χ1) is 14.3. The Morgan fingerprint density at radius 1 is 0.828 bits per heavy atom. The average Bonchev–Trinajstić information content (AvgIpc) is 3.53. The lowest BCUT2D eigenvalue weighted by Gasteiger charge is -2.22. The van der Waals surface area contributed by atoms with E-state index < -0.39 is 0 Å². The smallest absolute Gasteiger partial charge is 0.137 e. The van der Waals surface area contributed by atoms with E-state index in [1.54, 1.807) is 0 Å². The van der Waals surface area contributed by atoms with Crippen molar-refractivity contribution in [2.75, 3.05) is 26.2 Å². The first kappa shape index (κ1) is 19.3. The van der Waals surface area contributed by atoms with Crippen molar-refractivity contribution in [2.24, 2.45) is 4.99 Å². The van der Waals surface area contributed by atoms with Crippen molar-refractivity contribution in [1.82, 2.24) is 9.80 Å². The van der Waals surface area contributed by atoms with E-state index in [0.29, 0.717) is 0 Å². The highest BCUT2D eigenvalue weighted by atomic mass is 32.1. The fraction of sp³-hybridized carbons (Fsp3) is 0.500. The molecule has 3 nitrogen and oxygen atoms in total. The molecule has 0 radical (unpaired) electrons. The number of likely N-dealkylation sites (tertiary alicyclic amines) is 2. The molecule has 2 saturated heterocycles. The first-order valence-electron chi connectivity index (χ1n) is 11.1. The third-order valence-electron chi connectivity index (χ3n) is 6.40. The Balaban J connectivity index is 1.61. The van der Waals surface area contributed by atoms with E-state index in [2.05, 4.69) is 40.1 Å². The van der Waals surface area contributed by atoms with Gasteiger partial charge in [-0.3, -0.25) is 0 Å². The fourth-order valence-electron chi connectivity index (χ4n) is 4.86. The van der Waals surface area contributed by atoms with Crippen molar-refractivity contribution in [3.05, 3.63) is 51.9 Å². The highest BCUT2D eigenvalue weighted by molar-refractivity contribution is 7.80. The Hall–Kier alpha value is -1.72. The van der Waals surface area contributed by atoms with Crippen LogP contribution >= 0.6 is 23.6 Å². The molecule has 0 amide bonds. The van der Waals surface area contributed by atoms with E-state index in [0.717, 1.165) is 48.4 Å². The van der Waals surface area contributed by atoms with Gasteiger partial charge in [0.05, 0.1) is 0 Å². The van der Waals surface area contributed by atoms with Crippen LogP contribution in [0.1, 0.15) is 60.1 Å². The minimum Gasteiger partial charge on any atom is -0.362 e. The van der Waals surface area contributed by atoms with Gasteiger partial charge in [0, 0.05) is 42.2 Å². The highest BCUT2D eigenvalue weighted by Crippen LogP contribution is 2.41. The summed E-state index contributed by atoms with van der Waals surface area (Å²) in [7, 11) is 0. The molecule has 1 aromatic carbocycles. The number of hydrogen-bond donors (Lipinski definition) is 0. The lowest BCUT2D eigenvalue weighted by atomic mass is 9.95. The maximum atomic E-state index is 6.06. The van der Waals surface area contributed by atoms with Crippen LogP contribution in [0.3, 0.4) is 0 Å². The van der Waals surface area contributed by atoms with E-state index in [1.165, 1.54) is 66.5 Å². The minimum absolute atomic E-state index is 1.05. The first-order valence-corrected chi connectivity index (χ1v) is 12.4. The van der Waals surface area contributed by atoms with E-state index in [-0.39, 0.29) is 0 Å². The van der Waals surface area contributed by atoms with Gasteiger partial charge in [0.1, 0.15) is 15.8 Å². The Kier molecular flexibility index (Phi) is 5.69. The van der Waals surface area contributed by atoms with Gasteiger partial charge in [-0.05, 0) is 56.9 Å². The number of rotatable bonds is 3. The minimum atomic E-state index is 1.05. The predicted octanol–water partition coefficient (Wildman–Crippen LogP) is 5.57. The number of aliphatic imine (C=N–C) groups is 1. The second-order valence-electron chi connectivity index (χ2n) is 8.39. The molecule has 152 valence electrons. The quantitative estimate of drug-likeness (QED) is 0.365. The summed E-state index contributed by atoms with van der Waals surface area (Å²) in [4.78, 5) is 12.8. The summed E-state index contributed by atoms with van der Waals surface area (Å²) < 4.78 is 0. The number of thiophene rings is 1. The molecule has 0 spiro atoms. The van der Waals surface area contributed by atoms with Gasteiger partial charge >= 0.3 is 0 Å². The molecule has 0 unspecified atom stereocenters. The predicted molar refractivity (Wildman–Crippen MR) is 127 cm³/mol. The van der Waals surface area contributed by atoms with E-state index in [4.69, 9.17) is 17.2 Å². The van der Waals surface area contributed by atoms with Crippen molar-refractivity contribution >= 4 is 39.4 Å². The van der Waals surface area contributed by atoms with Crippen LogP contribution in [0.25, 0.3) is 0 Å². The molecule has 1 aromatic heterocycles. The number of nitrogens with zero attached hydrogens (tertiary/aromatic N) is 3. The molecule has 5 heteroatoms. The van der Waals surface area contributed by atoms with Crippen molar-refractivity contribution < 1.29 is 0 Å². The Morgan fingerprint density at radius 3 is 2.21 bits per heavy atom. The lowest BCUT2D eigenvalue weighted by Crippen LogP contribution is -2.29. The third kappa shape index (κ3) is 3.87. The lowest BCUT2D eigenvalue weighted by molar-refractivity contribution is 0.520. The Morgan fingerprint density at radius 2 is 1.48 bits per heavy atom. The van der Waals surface area contributed by atoms with Crippen molar-refractivity contribution in [1.29, 1.82) is 0 Å². The van der Waals surface area contributed by atoms with Gasteiger partial charge in [0.15, 0.2) is 0 Å². The van der Waals surface area contributed by atoms with Crippen LogP contribution in [-0.2, 0) is 12.8 Å². The molecular weight excluding hydrogens is 394 g/mol. The van der Waals surface area contributed by atoms with Gasteiger partial charge in [-0.1, -0.05) is 42.5 Å². The maximum absolute atomic E-state index is 6.06. The van der Waals surface area contributed by atoms with Crippen molar-refractivity contribution in [3.8, 4) is 0 Å². The van der Waals surface area contributed by atoms with Gasteiger partial charge in [-0.25, -0.2) is 4.99 Å².